The molecule has 0 radical (unpaired) electrons. The molecular formula is C10H11BrOS. The molecule has 1 nitrogen and oxygen atoms in total. The zero-order chi connectivity index (χ0) is 10.0. The molecule has 0 spiro atoms. The summed E-state index contributed by atoms with van der Waals surface area (Å²) in [6.07, 6.45) is 0. The average Bonchev–Trinajstić information content (AvgIpc) is 2.33. The molecule has 0 atom stereocenters. The molecule has 1 aromatic rings. The summed E-state index contributed by atoms with van der Waals surface area (Å²) in [5, 5.41) is 1.79. The SMILES string of the molecule is C=CSc1c(C(=C)C)oc(Br)c1C. The second-order valence-corrected chi connectivity index (χ2v) is 4.42. The van der Waals surface area contributed by atoms with Crippen molar-refractivity contribution in [1.29, 1.82) is 0 Å². The van der Waals surface area contributed by atoms with Crippen molar-refractivity contribution < 1.29 is 4.42 Å². The summed E-state index contributed by atoms with van der Waals surface area (Å²) in [6.45, 7) is 11.5. The van der Waals surface area contributed by atoms with Crippen LogP contribution in [0.4, 0.5) is 0 Å². The Bertz CT molecular complexity index is 352. The Morgan fingerprint density at radius 3 is 2.69 bits per heavy atom. The molecule has 3 heteroatoms. The first-order valence-corrected chi connectivity index (χ1v) is 5.47. The van der Waals surface area contributed by atoms with Gasteiger partial charge >= 0.3 is 0 Å². The molecule has 70 valence electrons. The first kappa shape index (κ1) is 10.7. The Balaban J connectivity index is 3.25. The molecule has 1 heterocycles. The molecule has 13 heavy (non-hydrogen) atoms. The van der Waals surface area contributed by atoms with Gasteiger partial charge in [-0.15, -0.1) is 0 Å². The zero-order valence-electron chi connectivity index (χ0n) is 7.69. The van der Waals surface area contributed by atoms with Crippen molar-refractivity contribution in [2.24, 2.45) is 0 Å². The summed E-state index contributed by atoms with van der Waals surface area (Å²) >= 11 is 4.91. The van der Waals surface area contributed by atoms with Crippen LogP contribution in [0.5, 0.6) is 0 Å². The highest BCUT2D eigenvalue weighted by molar-refractivity contribution is 9.10. The van der Waals surface area contributed by atoms with E-state index in [1.807, 2.05) is 13.8 Å². The van der Waals surface area contributed by atoms with Crippen LogP contribution in [0.3, 0.4) is 0 Å². The highest BCUT2D eigenvalue weighted by atomic mass is 79.9. The van der Waals surface area contributed by atoms with Crippen LogP contribution >= 0.6 is 27.7 Å². The third kappa shape index (κ3) is 2.09. The van der Waals surface area contributed by atoms with E-state index >= 15 is 0 Å². The summed E-state index contributed by atoms with van der Waals surface area (Å²) in [7, 11) is 0. The van der Waals surface area contributed by atoms with Crippen LogP contribution in [-0.4, -0.2) is 0 Å². The van der Waals surface area contributed by atoms with Gasteiger partial charge in [0.15, 0.2) is 4.67 Å². The van der Waals surface area contributed by atoms with E-state index in [1.54, 1.807) is 17.2 Å². The fourth-order valence-electron chi connectivity index (χ4n) is 0.978. The van der Waals surface area contributed by atoms with E-state index < -0.39 is 0 Å². The maximum Gasteiger partial charge on any atom is 0.173 e. The average molecular weight is 259 g/mol. The van der Waals surface area contributed by atoms with E-state index in [9.17, 15) is 0 Å². The van der Waals surface area contributed by atoms with Crippen molar-refractivity contribution in [3.8, 4) is 0 Å². The number of hydrogen-bond acceptors (Lipinski definition) is 2. The molecule has 0 fully saturated rings. The molecule has 1 aromatic heterocycles. The molecule has 0 saturated carbocycles. The predicted octanol–water partition coefficient (Wildman–Crippen LogP) is 4.62. The lowest BCUT2D eigenvalue weighted by Gasteiger charge is -1.97. The molecule has 0 saturated heterocycles. The van der Waals surface area contributed by atoms with Gasteiger partial charge in [-0.3, -0.25) is 0 Å². The molecule has 0 aliphatic carbocycles. The van der Waals surface area contributed by atoms with Gasteiger partial charge in [0.2, 0.25) is 0 Å². The minimum absolute atomic E-state index is 0.773. The maximum atomic E-state index is 5.51. The second kappa shape index (κ2) is 4.20. The van der Waals surface area contributed by atoms with Crippen molar-refractivity contribution in [2.75, 3.05) is 0 Å². The van der Waals surface area contributed by atoms with Gasteiger partial charge < -0.3 is 4.42 Å². The van der Waals surface area contributed by atoms with Gasteiger partial charge in [0.1, 0.15) is 5.76 Å². The van der Waals surface area contributed by atoms with Gasteiger partial charge in [0.25, 0.3) is 0 Å². The van der Waals surface area contributed by atoms with Gasteiger partial charge in [-0.05, 0) is 40.8 Å². The Morgan fingerprint density at radius 1 is 1.62 bits per heavy atom. The van der Waals surface area contributed by atoms with Crippen LogP contribution in [0.1, 0.15) is 18.2 Å². The smallest absolute Gasteiger partial charge is 0.173 e. The maximum absolute atomic E-state index is 5.51. The third-order valence-electron chi connectivity index (χ3n) is 1.62. The number of allylic oxidation sites excluding steroid dienone is 1. The Hall–Kier alpha value is -0.410. The molecule has 1 rings (SSSR count). The van der Waals surface area contributed by atoms with Crippen molar-refractivity contribution in [1.82, 2.24) is 0 Å². The van der Waals surface area contributed by atoms with Gasteiger partial charge in [-0.2, -0.15) is 0 Å². The van der Waals surface area contributed by atoms with Gasteiger partial charge in [-0.1, -0.05) is 24.9 Å². The first-order valence-electron chi connectivity index (χ1n) is 3.80. The number of hydrogen-bond donors (Lipinski definition) is 0. The Labute approximate surface area is 91.0 Å². The lowest BCUT2D eigenvalue weighted by Crippen LogP contribution is -1.76. The van der Waals surface area contributed by atoms with E-state index in [-0.39, 0.29) is 0 Å². The molecule has 0 bridgehead atoms. The van der Waals surface area contributed by atoms with Crippen LogP contribution in [0.2, 0.25) is 0 Å². The zero-order valence-corrected chi connectivity index (χ0v) is 10.1. The lowest BCUT2D eigenvalue weighted by atomic mass is 10.2. The van der Waals surface area contributed by atoms with Crippen LogP contribution < -0.4 is 0 Å². The first-order chi connectivity index (χ1) is 6.07. The topological polar surface area (TPSA) is 13.1 Å². The van der Waals surface area contributed by atoms with Crippen LogP contribution in [0.25, 0.3) is 5.57 Å². The largest absolute Gasteiger partial charge is 0.448 e. The van der Waals surface area contributed by atoms with Crippen LogP contribution in [-0.2, 0) is 0 Å². The summed E-state index contributed by atoms with van der Waals surface area (Å²) in [5.41, 5.74) is 2.03. The van der Waals surface area contributed by atoms with Crippen molar-refractivity contribution in [3.05, 3.63) is 34.6 Å². The monoisotopic (exact) mass is 258 g/mol. The van der Waals surface area contributed by atoms with Crippen LogP contribution in [0, 0.1) is 6.92 Å². The fraction of sp³-hybridized carbons (Fsp3) is 0.200. The van der Waals surface area contributed by atoms with E-state index in [0.29, 0.717) is 0 Å². The van der Waals surface area contributed by atoms with E-state index in [4.69, 9.17) is 4.42 Å². The molecule has 0 N–H and O–H groups in total. The van der Waals surface area contributed by atoms with Gasteiger partial charge in [-0.25, -0.2) is 0 Å². The summed E-state index contributed by atoms with van der Waals surface area (Å²) < 4.78 is 6.28. The lowest BCUT2D eigenvalue weighted by molar-refractivity contribution is 0.521. The summed E-state index contributed by atoms with van der Waals surface area (Å²) in [4.78, 5) is 1.09. The van der Waals surface area contributed by atoms with Crippen LogP contribution in [0.15, 0.2) is 32.5 Å². The minimum Gasteiger partial charge on any atom is -0.448 e. The highest BCUT2D eigenvalue weighted by Gasteiger charge is 2.15. The van der Waals surface area contributed by atoms with E-state index in [2.05, 4.69) is 29.1 Å². The number of rotatable bonds is 3. The quantitative estimate of drug-likeness (QED) is 0.735. The van der Waals surface area contributed by atoms with E-state index in [1.165, 1.54) is 0 Å². The standard InChI is InChI=1S/C10H11BrOS/c1-5-13-9-7(4)10(11)12-8(9)6(2)3/h5H,1-2H2,3-4H3. The minimum atomic E-state index is 0.773. The van der Waals surface area contributed by atoms with Crippen molar-refractivity contribution in [2.45, 2.75) is 18.7 Å². The number of furan rings is 1. The molecule has 0 aromatic carbocycles. The fourth-order valence-corrected chi connectivity index (χ4v) is 2.23. The molecule has 0 aliphatic heterocycles. The molecule has 0 unspecified atom stereocenters. The summed E-state index contributed by atoms with van der Waals surface area (Å²) in [6, 6.07) is 0. The molecule has 0 aliphatic rings. The van der Waals surface area contributed by atoms with Crippen molar-refractivity contribution in [3.63, 3.8) is 0 Å². The predicted molar refractivity (Wildman–Crippen MR) is 61.9 cm³/mol. The molecular weight excluding hydrogens is 248 g/mol. The second-order valence-electron chi connectivity index (χ2n) is 2.72. The van der Waals surface area contributed by atoms with Gasteiger partial charge in [0.05, 0.1) is 4.90 Å². The Morgan fingerprint density at radius 2 is 2.23 bits per heavy atom. The van der Waals surface area contributed by atoms with E-state index in [0.717, 1.165) is 26.5 Å². The van der Waals surface area contributed by atoms with Crippen molar-refractivity contribution >= 4 is 33.3 Å². The number of halogens is 1. The summed E-state index contributed by atoms with van der Waals surface area (Å²) in [5.74, 6) is 0.842. The third-order valence-corrected chi connectivity index (χ3v) is 3.27. The van der Waals surface area contributed by atoms with Gasteiger partial charge in [0, 0.05) is 5.56 Å². The molecule has 0 amide bonds. The number of thioether (sulfide) groups is 1. The highest BCUT2D eigenvalue weighted by Crippen LogP contribution is 2.37. The Kier molecular flexibility index (Phi) is 3.45. The normalized spacial score (nSPS) is 10.1.